The highest BCUT2D eigenvalue weighted by atomic mass is 19.1. The van der Waals surface area contributed by atoms with Gasteiger partial charge in [0, 0.05) is 12.6 Å². The maximum absolute atomic E-state index is 12.8. The predicted octanol–water partition coefficient (Wildman–Crippen LogP) is 2.92. The summed E-state index contributed by atoms with van der Waals surface area (Å²) >= 11 is 0. The molecule has 0 aliphatic carbocycles. The maximum Gasteiger partial charge on any atom is 0.123 e. The first kappa shape index (κ1) is 13.5. The third kappa shape index (κ3) is 4.07. The SMILES string of the molecule is CCC1CC(NCCc2ccc(F)cc2)CCO1. The van der Waals surface area contributed by atoms with Crippen molar-refractivity contribution in [2.24, 2.45) is 0 Å². The van der Waals surface area contributed by atoms with Crippen LogP contribution in [0.15, 0.2) is 24.3 Å². The molecule has 1 aliphatic rings. The summed E-state index contributed by atoms with van der Waals surface area (Å²) in [6, 6.07) is 7.34. The second-order valence-electron chi connectivity index (χ2n) is 4.95. The van der Waals surface area contributed by atoms with Gasteiger partial charge in [-0.2, -0.15) is 0 Å². The van der Waals surface area contributed by atoms with E-state index in [2.05, 4.69) is 12.2 Å². The van der Waals surface area contributed by atoms with Crippen LogP contribution in [0.5, 0.6) is 0 Å². The zero-order chi connectivity index (χ0) is 12.8. The summed E-state index contributed by atoms with van der Waals surface area (Å²) in [5.41, 5.74) is 1.18. The van der Waals surface area contributed by atoms with Crippen LogP contribution in [0.4, 0.5) is 4.39 Å². The summed E-state index contributed by atoms with van der Waals surface area (Å²) in [6.45, 7) is 3.99. The molecule has 3 heteroatoms. The molecule has 100 valence electrons. The number of hydrogen-bond acceptors (Lipinski definition) is 2. The summed E-state index contributed by atoms with van der Waals surface area (Å²) in [5, 5.41) is 3.58. The average Bonchev–Trinajstić information content (AvgIpc) is 2.41. The minimum atomic E-state index is -0.165. The molecule has 0 amide bonds. The molecular weight excluding hydrogens is 229 g/mol. The summed E-state index contributed by atoms with van der Waals surface area (Å²) in [4.78, 5) is 0. The van der Waals surface area contributed by atoms with E-state index >= 15 is 0 Å². The Balaban J connectivity index is 1.70. The molecule has 2 rings (SSSR count). The highest BCUT2D eigenvalue weighted by Gasteiger charge is 2.20. The van der Waals surface area contributed by atoms with Crippen LogP contribution >= 0.6 is 0 Å². The van der Waals surface area contributed by atoms with Crippen LogP contribution in [0.2, 0.25) is 0 Å². The van der Waals surface area contributed by atoms with Crippen LogP contribution in [-0.4, -0.2) is 25.3 Å². The van der Waals surface area contributed by atoms with Crippen molar-refractivity contribution >= 4 is 0 Å². The lowest BCUT2D eigenvalue weighted by Crippen LogP contribution is -2.39. The van der Waals surface area contributed by atoms with E-state index in [0.29, 0.717) is 12.1 Å². The predicted molar refractivity (Wildman–Crippen MR) is 71.2 cm³/mol. The summed E-state index contributed by atoms with van der Waals surface area (Å²) in [7, 11) is 0. The van der Waals surface area contributed by atoms with E-state index in [-0.39, 0.29) is 5.82 Å². The third-order valence-corrected chi connectivity index (χ3v) is 3.58. The van der Waals surface area contributed by atoms with Crippen LogP contribution < -0.4 is 5.32 Å². The van der Waals surface area contributed by atoms with Crippen molar-refractivity contribution < 1.29 is 9.13 Å². The smallest absolute Gasteiger partial charge is 0.123 e. The van der Waals surface area contributed by atoms with Gasteiger partial charge in [0.2, 0.25) is 0 Å². The van der Waals surface area contributed by atoms with Crippen LogP contribution in [0, 0.1) is 5.82 Å². The number of nitrogens with one attached hydrogen (secondary N) is 1. The van der Waals surface area contributed by atoms with Crippen molar-refractivity contribution in [3.8, 4) is 0 Å². The molecule has 0 radical (unpaired) electrons. The lowest BCUT2D eigenvalue weighted by atomic mass is 10.0. The summed E-state index contributed by atoms with van der Waals surface area (Å²) in [6.07, 6.45) is 4.67. The van der Waals surface area contributed by atoms with Crippen LogP contribution in [0.1, 0.15) is 31.7 Å². The Morgan fingerprint density at radius 3 is 2.83 bits per heavy atom. The molecule has 0 saturated carbocycles. The summed E-state index contributed by atoms with van der Waals surface area (Å²) < 4.78 is 18.4. The van der Waals surface area contributed by atoms with Gasteiger partial charge < -0.3 is 10.1 Å². The normalized spacial score (nSPS) is 24.1. The molecule has 1 heterocycles. The second kappa shape index (κ2) is 6.86. The van der Waals surface area contributed by atoms with Gasteiger partial charge in [-0.3, -0.25) is 0 Å². The van der Waals surface area contributed by atoms with E-state index < -0.39 is 0 Å². The number of ether oxygens (including phenoxy) is 1. The van der Waals surface area contributed by atoms with Gasteiger partial charge in [0.1, 0.15) is 5.82 Å². The zero-order valence-corrected chi connectivity index (χ0v) is 11.0. The van der Waals surface area contributed by atoms with E-state index in [1.54, 1.807) is 0 Å². The Morgan fingerprint density at radius 2 is 2.11 bits per heavy atom. The van der Waals surface area contributed by atoms with Crippen LogP contribution in [0.25, 0.3) is 0 Å². The number of rotatable bonds is 5. The molecule has 2 unspecified atom stereocenters. The van der Waals surface area contributed by atoms with Gasteiger partial charge in [-0.1, -0.05) is 19.1 Å². The standard InChI is InChI=1S/C15H22FNO/c1-2-15-11-14(8-10-18-15)17-9-7-12-3-5-13(16)6-4-12/h3-6,14-15,17H,2,7-11H2,1H3. The van der Waals surface area contributed by atoms with Crippen molar-refractivity contribution in [3.05, 3.63) is 35.6 Å². The topological polar surface area (TPSA) is 21.3 Å². The first-order valence-corrected chi connectivity index (χ1v) is 6.87. The molecule has 1 aromatic carbocycles. The first-order valence-electron chi connectivity index (χ1n) is 6.87. The number of hydrogen-bond donors (Lipinski definition) is 1. The summed E-state index contributed by atoms with van der Waals surface area (Å²) in [5.74, 6) is -0.165. The van der Waals surface area contributed by atoms with Crippen molar-refractivity contribution in [2.75, 3.05) is 13.2 Å². The van der Waals surface area contributed by atoms with E-state index in [1.165, 1.54) is 17.7 Å². The molecule has 0 bridgehead atoms. The Kier molecular flexibility index (Phi) is 5.14. The highest BCUT2D eigenvalue weighted by Crippen LogP contribution is 2.16. The second-order valence-corrected chi connectivity index (χ2v) is 4.95. The average molecular weight is 251 g/mol. The van der Waals surface area contributed by atoms with Gasteiger partial charge >= 0.3 is 0 Å². The van der Waals surface area contributed by atoms with Gasteiger partial charge in [-0.25, -0.2) is 4.39 Å². The maximum atomic E-state index is 12.8. The van der Waals surface area contributed by atoms with Gasteiger partial charge in [-0.15, -0.1) is 0 Å². The van der Waals surface area contributed by atoms with Gasteiger partial charge in [0.25, 0.3) is 0 Å². The number of halogens is 1. The highest BCUT2D eigenvalue weighted by molar-refractivity contribution is 5.16. The lowest BCUT2D eigenvalue weighted by molar-refractivity contribution is 0.000116. The van der Waals surface area contributed by atoms with E-state index in [9.17, 15) is 4.39 Å². The fourth-order valence-electron chi connectivity index (χ4n) is 2.42. The third-order valence-electron chi connectivity index (χ3n) is 3.58. The van der Waals surface area contributed by atoms with Gasteiger partial charge in [-0.05, 0) is 49.9 Å². The fourth-order valence-corrected chi connectivity index (χ4v) is 2.42. The minimum Gasteiger partial charge on any atom is -0.378 e. The Bertz CT molecular complexity index is 352. The molecule has 1 N–H and O–H groups in total. The number of benzene rings is 1. The zero-order valence-electron chi connectivity index (χ0n) is 11.0. The van der Waals surface area contributed by atoms with Crippen molar-refractivity contribution in [3.63, 3.8) is 0 Å². The van der Waals surface area contributed by atoms with Crippen molar-refractivity contribution in [2.45, 2.75) is 44.8 Å². The van der Waals surface area contributed by atoms with Gasteiger partial charge in [0.15, 0.2) is 0 Å². The van der Waals surface area contributed by atoms with E-state index in [0.717, 1.165) is 38.8 Å². The molecule has 18 heavy (non-hydrogen) atoms. The van der Waals surface area contributed by atoms with Crippen molar-refractivity contribution in [1.82, 2.24) is 5.32 Å². The van der Waals surface area contributed by atoms with Crippen LogP contribution in [0.3, 0.4) is 0 Å². The molecule has 2 atom stereocenters. The lowest BCUT2D eigenvalue weighted by Gasteiger charge is -2.29. The first-order chi connectivity index (χ1) is 8.78. The monoisotopic (exact) mass is 251 g/mol. The Labute approximate surface area is 109 Å². The molecular formula is C15H22FNO. The molecule has 1 aliphatic heterocycles. The minimum absolute atomic E-state index is 0.165. The van der Waals surface area contributed by atoms with Crippen LogP contribution in [-0.2, 0) is 11.2 Å². The Hall–Kier alpha value is -0.930. The molecule has 1 aromatic rings. The largest absolute Gasteiger partial charge is 0.378 e. The van der Waals surface area contributed by atoms with E-state index in [4.69, 9.17) is 4.74 Å². The van der Waals surface area contributed by atoms with Crippen molar-refractivity contribution in [1.29, 1.82) is 0 Å². The molecule has 1 fully saturated rings. The molecule has 2 nitrogen and oxygen atoms in total. The molecule has 0 spiro atoms. The quantitative estimate of drug-likeness (QED) is 0.868. The van der Waals surface area contributed by atoms with E-state index in [1.807, 2.05) is 12.1 Å². The molecule has 1 saturated heterocycles. The fraction of sp³-hybridized carbons (Fsp3) is 0.600. The molecule has 0 aromatic heterocycles. The Morgan fingerprint density at radius 1 is 1.33 bits per heavy atom. The van der Waals surface area contributed by atoms with Gasteiger partial charge in [0.05, 0.1) is 6.10 Å².